The first-order valence-corrected chi connectivity index (χ1v) is 14.2. The smallest absolute Gasteiger partial charge is 0.417 e. The number of aromatic nitrogens is 3. The number of piperazine rings is 1. The molecule has 14 heteroatoms. The molecule has 3 aromatic heterocycles. The fourth-order valence-corrected chi connectivity index (χ4v) is 6.85. The lowest BCUT2D eigenvalue weighted by Crippen LogP contribution is -2.63. The molecule has 3 aliphatic heterocycles. The van der Waals surface area contributed by atoms with E-state index in [0.717, 1.165) is 19.8 Å². The molecule has 1 amide bonds. The van der Waals surface area contributed by atoms with Crippen LogP contribution in [0.15, 0.2) is 36.8 Å². The number of benzene rings is 1. The summed E-state index contributed by atoms with van der Waals surface area (Å²) < 4.78 is 82.3. The first kappa shape index (κ1) is 28.3. The standard InChI is InChI=1S/C30H28F5N7O2/c1-13-22(30(33,34)35)17(9-18(36)23(13)31)25-24(32)26(38-10-15-8-20-37-6-3-7-41(20)11-15)21-28(40-25)44-14(2)27-19-5-4-16(39-19)12-42(27)29(21)43/h3,6-9,11,14,16,19,27,39H,4-5,10,12,36H2,1-2H3,(H,38,40)/t14-,16+,19-,27+/m0/s1. The van der Waals surface area contributed by atoms with Crippen LogP contribution >= 0.6 is 0 Å². The van der Waals surface area contributed by atoms with E-state index in [2.05, 4.69) is 20.6 Å². The van der Waals surface area contributed by atoms with E-state index in [9.17, 15) is 22.4 Å². The number of pyridine rings is 1. The largest absolute Gasteiger partial charge is 0.472 e. The Morgan fingerprint density at radius 2 is 2.00 bits per heavy atom. The molecule has 0 saturated carbocycles. The van der Waals surface area contributed by atoms with Crippen LogP contribution in [-0.4, -0.2) is 55.9 Å². The molecule has 2 bridgehead atoms. The van der Waals surface area contributed by atoms with E-state index in [-0.39, 0.29) is 35.8 Å². The number of rotatable bonds is 4. The highest BCUT2D eigenvalue weighted by atomic mass is 19.4. The highest BCUT2D eigenvalue weighted by Crippen LogP contribution is 2.46. The lowest BCUT2D eigenvalue weighted by molar-refractivity contribution is -0.137. The monoisotopic (exact) mass is 613 g/mol. The van der Waals surface area contributed by atoms with Crippen LogP contribution in [0.5, 0.6) is 5.88 Å². The number of carbonyl (C=O) groups is 1. The number of nitrogens with two attached hydrogens (primary N) is 1. The Hall–Kier alpha value is -4.46. The summed E-state index contributed by atoms with van der Waals surface area (Å²) in [5, 5.41) is 6.44. The zero-order valence-corrected chi connectivity index (χ0v) is 23.7. The van der Waals surface area contributed by atoms with Gasteiger partial charge in [-0.25, -0.2) is 18.7 Å². The van der Waals surface area contributed by atoms with Crippen LogP contribution in [0.1, 0.15) is 46.8 Å². The summed E-state index contributed by atoms with van der Waals surface area (Å²) in [6, 6.07) is 3.78. The van der Waals surface area contributed by atoms with Crippen LogP contribution in [0.2, 0.25) is 0 Å². The number of nitrogens with one attached hydrogen (secondary N) is 2. The molecular weight excluding hydrogens is 585 g/mol. The van der Waals surface area contributed by atoms with Crippen LogP contribution in [0.25, 0.3) is 16.9 Å². The molecule has 2 saturated heterocycles. The third-order valence-electron chi connectivity index (χ3n) is 8.78. The van der Waals surface area contributed by atoms with Crippen molar-refractivity contribution in [3.63, 3.8) is 0 Å². The molecule has 9 nitrogen and oxygen atoms in total. The first-order valence-electron chi connectivity index (χ1n) is 14.2. The minimum atomic E-state index is -5.07. The number of amides is 1. The predicted octanol–water partition coefficient (Wildman–Crippen LogP) is 4.92. The third-order valence-corrected chi connectivity index (χ3v) is 8.78. The number of ether oxygens (including phenoxy) is 1. The second-order valence-corrected chi connectivity index (χ2v) is 11.6. The van der Waals surface area contributed by atoms with Crippen LogP contribution in [0.4, 0.5) is 33.3 Å². The van der Waals surface area contributed by atoms with Gasteiger partial charge in [-0.2, -0.15) is 13.2 Å². The van der Waals surface area contributed by atoms with Crippen molar-refractivity contribution in [2.45, 2.75) is 63.6 Å². The molecule has 6 heterocycles. The van der Waals surface area contributed by atoms with Crippen molar-refractivity contribution in [3.05, 3.63) is 70.7 Å². The average molecular weight is 614 g/mol. The van der Waals surface area contributed by atoms with Gasteiger partial charge in [0, 0.05) is 49.3 Å². The minimum absolute atomic E-state index is 0.00798. The number of alkyl halides is 3. The molecule has 1 aromatic carbocycles. The Balaban J connectivity index is 1.42. The number of halogens is 5. The number of hydrogen-bond donors (Lipinski definition) is 3. The topological polar surface area (TPSA) is 110 Å². The van der Waals surface area contributed by atoms with Crippen molar-refractivity contribution in [2.75, 3.05) is 17.6 Å². The maximum atomic E-state index is 16.7. The van der Waals surface area contributed by atoms with Gasteiger partial charge in [0.05, 0.1) is 23.0 Å². The summed E-state index contributed by atoms with van der Waals surface area (Å²) in [6.45, 7) is 3.02. The van der Waals surface area contributed by atoms with Crippen molar-refractivity contribution in [2.24, 2.45) is 0 Å². The van der Waals surface area contributed by atoms with Crippen molar-refractivity contribution in [1.82, 2.24) is 24.6 Å². The number of anilines is 2. The Labute approximate surface area is 248 Å². The lowest BCUT2D eigenvalue weighted by Gasteiger charge is -2.41. The second kappa shape index (κ2) is 10.0. The highest BCUT2D eigenvalue weighted by molar-refractivity contribution is 6.03. The molecule has 44 heavy (non-hydrogen) atoms. The van der Waals surface area contributed by atoms with Crippen molar-refractivity contribution < 1.29 is 31.5 Å². The fourth-order valence-electron chi connectivity index (χ4n) is 6.85. The molecular formula is C30H28F5N7O2. The molecule has 3 aliphatic rings. The van der Waals surface area contributed by atoms with Gasteiger partial charge in [0.1, 0.15) is 28.8 Å². The molecule has 4 aromatic rings. The van der Waals surface area contributed by atoms with Gasteiger partial charge in [0.15, 0.2) is 5.82 Å². The molecule has 0 spiro atoms. The second-order valence-electron chi connectivity index (χ2n) is 11.6. The zero-order chi connectivity index (χ0) is 31.1. The van der Waals surface area contributed by atoms with Gasteiger partial charge >= 0.3 is 6.18 Å². The number of carbonyl (C=O) groups excluding carboxylic acids is 1. The van der Waals surface area contributed by atoms with E-state index in [1.54, 1.807) is 46.9 Å². The minimum Gasteiger partial charge on any atom is -0.472 e. The lowest BCUT2D eigenvalue weighted by atomic mass is 9.95. The Bertz CT molecular complexity index is 1790. The normalized spacial score (nSPS) is 22.9. The Kier molecular flexibility index (Phi) is 6.46. The number of nitrogen functional groups attached to an aromatic ring is 1. The van der Waals surface area contributed by atoms with Crippen molar-refractivity contribution in [1.29, 1.82) is 0 Å². The average Bonchev–Trinajstić information content (AvgIpc) is 3.54. The van der Waals surface area contributed by atoms with E-state index < -0.39 is 63.9 Å². The number of hydrogen-bond acceptors (Lipinski definition) is 7. The zero-order valence-electron chi connectivity index (χ0n) is 23.7. The molecule has 7 rings (SSSR count). The van der Waals surface area contributed by atoms with E-state index >= 15 is 4.39 Å². The molecule has 4 atom stereocenters. The fraction of sp³-hybridized carbons (Fsp3) is 0.367. The van der Waals surface area contributed by atoms with Crippen LogP contribution in [0.3, 0.4) is 0 Å². The molecule has 2 fully saturated rings. The van der Waals surface area contributed by atoms with Gasteiger partial charge < -0.3 is 30.4 Å². The Morgan fingerprint density at radius 3 is 2.75 bits per heavy atom. The van der Waals surface area contributed by atoms with Crippen molar-refractivity contribution >= 4 is 22.9 Å². The SMILES string of the molecule is Cc1c(F)c(N)cc(-c2nc3c(c(NCc4cc5ncccn5c4)c2F)C(=O)N2C[C@H]4CC[C@H](N4)[C@H]2[C@H](C)O3)c1C(F)(F)F. The number of fused-ring (bicyclic) bond motifs is 6. The van der Waals surface area contributed by atoms with Crippen LogP contribution in [0, 0.1) is 18.6 Å². The van der Waals surface area contributed by atoms with Gasteiger partial charge in [-0.1, -0.05) is 0 Å². The van der Waals surface area contributed by atoms with Crippen LogP contribution in [-0.2, 0) is 12.7 Å². The highest BCUT2D eigenvalue weighted by Gasteiger charge is 2.49. The van der Waals surface area contributed by atoms with Gasteiger partial charge in [-0.15, -0.1) is 0 Å². The molecule has 0 unspecified atom stereocenters. The quantitative estimate of drug-likeness (QED) is 0.222. The molecule has 4 N–H and O–H groups in total. The van der Waals surface area contributed by atoms with E-state index in [1.807, 2.05) is 0 Å². The summed E-state index contributed by atoms with van der Waals surface area (Å²) in [5.41, 5.74) is 2.09. The molecule has 0 radical (unpaired) electrons. The van der Waals surface area contributed by atoms with Gasteiger partial charge in [-0.05, 0) is 56.0 Å². The summed E-state index contributed by atoms with van der Waals surface area (Å²) in [5.74, 6) is -3.34. The summed E-state index contributed by atoms with van der Waals surface area (Å²) in [7, 11) is 0. The summed E-state index contributed by atoms with van der Waals surface area (Å²) >= 11 is 0. The third kappa shape index (κ3) is 4.42. The van der Waals surface area contributed by atoms with E-state index in [0.29, 0.717) is 23.8 Å². The van der Waals surface area contributed by atoms with Gasteiger partial charge in [-0.3, -0.25) is 4.79 Å². The Morgan fingerprint density at radius 1 is 1.20 bits per heavy atom. The van der Waals surface area contributed by atoms with E-state index in [1.165, 1.54) is 0 Å². The molecule has 0 aliphatic carbocycles. The van der Waals surface area contributed by atoms with Gasteiger partial charge in [0.25, 0.3) is 5.91 Å². The van der Waals surface area contributed by atoms with Crippen LogP contribution < -0.4 is 21.1 Å². The number of nitrogens with zero attached hydrogens (tertiary/aromatic N) is 4. The maximum Gasteiger partial charge on any atom is 0.417 e. The maximum absolute atomic E-state index is 16.7. The summed E-state index contributed by atoms with van der Waals surface area (Å²) in [6.07, 6.45) is 1.12. The van der Waals surface area contributed by atoms with E-state index in [4.69, 9.17) is 10.5 Å². The summed E-state index contributed by atoms with van der Waals surface area (Å²) in [4.78, 5) is 24.3. The predicted molar refractivity (Wildman–Crippen MR) is 151 cm³/mol. The molecule has 230 valence electrons. The van der Waals surface area contributed by atoms with Gasteiger partial charge in [0.2, 0.25) is 5.88 Å². The van der Waals surface area contributed by atoms with Crippen molar-refractivity contribution in [3.8, 4) is 17.1 Å². The first-order chi connectivity index (χ1) is 20.9.